The number of para-hydroxylation sites is 1. The summed E-state index contributed by atoms with van der Waals surface area (Å²) in [7, 11) is 0. The molecule has 0 atom stereocenters. The van der Waals surface area contributed by atoms with Crippen LogP contribution in [0.4, 0.5) is 4.39 Å². The SMILES string of the molecule is Cc1cccc(-c2nc(C(=O)O)cn2-c2ccccc2F)c1. The molecule has 5 heteroatoms. The largest absolute Gasteiger partial charge is 0.476 e. The van der Waals surface area contributed by atoms with E-state index in [9.17, 15) is 14.3 Å². The highest BCUT2D eigenvalue weighted by atomic mass is 19.1. The maximum Gasteiger partial charge on any atom is 0.356 e. The van der Waals surface area contributed by atoms with Gasteiger partial charge in [0, 0.05) is 11.8 Å². The van der Waals surface area contributed by atoms with Crippen molar-refractivity contribution in [2.24, 2.45) is 0 Å². The van der Waals surface area contributed by atoms with Crippen molar-refractivity contribution in [2.75, 3.05) is 0 Å². The van der Waals surface area contributed by atoms with E-state index in [-0.39, 0.29) is 11.4 Å². The smallest absolute Gasteiger partial charge is 0.356 e. The van der Waals surface area contributed by atoms with Gasteiger partial charge in [-0.1, -0.05) is 35.9 Å². The Balaban J connectivity index is 2.25. The van der Waals surface area contributed by atoms with Crippen molar-refractivity contribution in [1.29, 1.82) is 0 Å². The lowest BCUT2D eigenvalue weighted by atomic mass is 10.1. The normalized spacial score (nSPS) is 10.6. The van der Waals surface area contributed by atoms with E-state index in [2.05, 4.69) is 4.98 Å². The van der Waals surface area contributed by atoms with Crippen LogP contribution in [0.2, 0.25) is 0 Å². The van der Waals surface area contributed by atoms with Crippen molar-refractivity contribution in [3.05, 3.63) is 71.8 Å². The fourth-order valence-electron chi connectivity index (χ4n) is 2.30. The van der Waals surface area contributed by atoms with E-state index < -0.39 is 11.8 Å². The van der Waals surface area contributed by atoms with Crippen molar-refractivity contribution in [2.45, 2.75) is 6.92 Å². The molecule has 2 aromatic carbocycles. The minimum absolute atomic E-state index is 0.125. The second kappa shape index (κ2) is 5.44. The molecule has 1 aromatic heterocycles. The van der Waals surface area contributed by atoms with E-state index in [0.29, 0.717) is 5.82 Å². The fourth-order valence-corrected chi connectivity index (χ4v) is 2.30. The molecule has 1 heterocycles. The van der Waals surface area contributed by atoms with Crippen LogP contribution in [0.5, 0.6) is 0 Å². The maximum absolute atomic E-state index is 14.1. The first kappa shape index (κ1) is 14.0. The molecule has 0 unspecified atom stereocenters. The van der Waals surface area contributed by atoms with Crippen LogP contribution in [-0.2, 0) is 0 Å². The van der Waals surface area contributed by atoms with Gasteiger partial charge in [-0.15, -0.1) is 0 Å². The summed E-state index contributed by atoms with van der Waals surface area (Å²) in [5.41, 5.74) is 1.88. The number of hydrogen-bond donors (Lipinski definition) is 1. The van der Waals surface area contributed by atoms with E-state index >= 15 is 0 Å². The molecule has 4 nitrogen and oxygen atoms in total. The van der Waals surface area contributed by atoms with Crippen LogP contribution in [0.3, 0.4) is 0 Å². The molecule has 0 radical (unpaired) electrons. The van der Waals surface area contributed by atoms with E-state index in [1.807, 2.05) is 31.2 Å². The molecule has 0 aliphatic rings. The third kappa shape index (κ3) is 2.48. The van der Waals surface area contributed by atoms with E-state index in [0.717, 1.165) is 11.1 Å². The first-order chi connectivity index (χ1) is 10.6. The van der Waals surface area contributed by atoms with Gasteiger partial charge in [0.2, 0.25) is 0 Å². The summed E-state index contributed by atoms with van der Waals surface area (Å²) < 4.78 is 15.5. The summed E-state index contributed by atoms with van der Waals surface area (Å²) in [6.07, 6.45) is 1.33. The van der Waals surface area contributed by atoms with Gasteiger partial charge in [0.05, 0.1) is 5.69 Å². The van der Waals surface area contributed by atoms with Crippen LogP contribution < -0.4 is 0 Å². The first-order valence-corrected chi connectivity index (χ1v) is 6.71. The van der Waals surface area contributed by atoms with Gasteiger partial charge in [-0.25, -0.2) is 14.2 Å². The molecule has 22 heavy (non-hydrogen) atoms. The molecule has 3 rings (SSSR count). The fraction of sp³-hybridized carbons (Fsp3) is 0.0588. The number of aromatic nitrogens is 2. The van der Waals surface area contributed by atoms with Gasteiger partial charge in [0.15, 0.2) is 5.69 Å². The number of aromatic carboxylic acids is 1. The Morgan fingerprint density at radius 1 is 1.18 bits per heavy atom. The molecule has 0 saturated heterocycles. The topological polar surface area (TPSA) is 55.1 Å². The van der Waals surface area contributed by atoms with Gasteiger partial charge in [-0.05, 0) is 25.1 Å². The van der Waals surface area contributed by atoms with Crippen molar-refractivity contribution in [3.63, 3.8) is 0 Å². The zero-order chi connectivity index (χ0) is 15.7. The second-order valence-corrected chi connectivity index (χ2v) is 4.95. The summed E-state index contributed by atoms with van der Waals surface area (Å²) >= 11 is 0. The molecule has 0 fully saturated rings. The Hall–Kier alpha value is -2.95. The maximum atomic E-state index is 14.1. The lowest BCUT2D eigenvalue weighted by molar-refractivity contribution is 0.0691. The van der Waals surface area contributed by atoms with Gasteiger partial charge in [-0.3, -0.25) is 4.57 Å². The summed E-state index contributed by atoms with van der Waals surface area (Å²) in [6, 6.07) is 13.7. The van der Waals surface area contributed by atoms with Gasteiger partial charge in [-0.2, -0.15) is 0 Å². The summed E-state index contributed by atoms with van der Waals surface area (Å²) in [4.78, 5) is 15.3. The number of carboxylic acid groups (broad SMARTS) is 1. The van der Waals surface area contributed by atoms with Crippen molar-refractivity contribution >= 4 is 5.97 Å². The van der Waals surface area contributed by atoms with Crippen molar-refractivity contribution in [3.8, 4) is 17.1 Å². The molecule has 1 N–H and O–H groups in total. The molecular weight excluding hydrogens is 283 g/mol. The molecule has 0 aliphatic heterocycles. The zero-order valence-corrected chi connectivity index (χ0v) is 11.8. The second-order valence-electron chi connectivity index (χ2n) is 4.95. The molecule has 0 spiro atoms. The molecular formula is C17H13FN2O2. The predicted molar refractivity (Wildman–Crippen MR) is 80.7 cm³/mol. The number of halogens is 1. The van der Waals surface area contributed by atoms with Crippen molar-refractivity contribution < 1.29 is 14.3 Å². The zero-order valence-electron chi connectivity index (χ0n) is 11.8. The number of carbonyl (C=O) groups is 1. The average Bonchev–Trinajstić information content (AvgIpc) is 2.93. The van der Waals surface area contributed by atoms with E-state index in [1.165, 1.54) is 16.8 Å². The highest BCUT2D eigenvalue weighted by Crippen LogP contribution is 2.25. The Bertz CT molecular complexity index is 855. The van der Waals surface area contributed by atoms with Crippen LogP contribution in [0.25, 0.3) is 17.1 Å². The Labute approximate surface area is 126 Å². The lowest BCUT2D eigenvalue weighted by Gasteiger charge is -2.09. The molecule has 0 bridgehead atoms. The Kier molecular flexibility index (Phi) is 3.47. The van der Waals surface area contributed by atoms with E-state index in [1.54, 1.807) is 18.2 Å². The van der Waals surface area contributed by atoms with Gasteiger partial charge in [0.1, 0.15) is 11.6 Å². The summed E-state index contributed by atoms with van der Waals surface area (Å²) in [5, 5.41) is 9.17. The quantitative estimate of drug-likeness (QED) is 0.802. The number of nitrogens with zero attached hydrogens (tertiary/aromatic N) is 2. The number of carboxylic acids is 1. The number of aryl methyl sites for hydroxylation is 1. The first-order valence-electron chi connectivity index (χ1n) is 6.71. The van der Waals surface area contributed by atoms with Crippen LogP contribution in [0.1, 0.15) is 16.1 Å². The number of rotatable bonds is 3. The average molecular weight is 296 g/mol. The highest BCUT2D eigenvalue weighted by molar-refractivity contribution is 5.86. The molecule has 0 amide bonds. The number of benzene rings is 2. The molecule has 110 valence electrons. The minimum Gasteiger partial charge on any atom is -0.476 e. The van der Waals surface area contributed by atoms with Gasteiger partial charge < -0.3 is 5.11 Å². The molecule has 0 aliphatic carbocycles. The van der Waals surface area contributed by atoms with Crippen LogP contribution in [0.15, 0.2) is 54.7 Å². The Morgan fingerprint density at radius 3 is 2.64 bits per heavy atom. The predicted octanol–water partition coefficient (Wildman–Crippen LogP) is 3.69. The summed E-state index contributed by atoms with van der Waals surface area (Å²) in [5.74, 6) is -1.19. The lowest BCUT2D eigenvalue weighted by Crippen LogP contribution is -1.99. The monoisotopic (exact) mass is 296 g/mol. The third-order valence-electron chi connectivity index (χ3n) is 3.31. The van der Waals surface area contributed by atoms with Gasteiger partial charge in [0.25, 0.3) is 0 Å². The highest BCUT2D eigenvalue weighted by Gasteiger charge is 2.17. The molecule has 3 aromatic rings. The molecule has 0 saturated carbocycles. The minimum atomic E-state index is -1.15. The standard InChI is InChI=1S/C17H13FN2O2/c1-11-5-4-6-12(9-11)16-19-14(17(21)22)10-20(16)15-8-3-2-7-13(15)18/h2-10H,1H3,(H,21,22). The van der Waals surface area contributed by atoms with Crippen LogP contribution in [0, 0.1) is 12.7 Å². The van der Waals surface area contributed by atoms with Crippen LogP contribution in [-0.4, -0.2) is 20.6 Å². The number of hydrogen-bond acceptors (Lipinski definition) is 2. The Morgan fingerprint density at radius 2 is 1.95 bits per heavy atom. The van der Waals surface area contributed by atoms with Crippen LogP contribution >= 0.6 is 0 Å². The number of imidazole rings is 1. The van der Waals surface area contributed by atoms with Gasteiger partial charge >= 0.3 is 5.97 Å². The van der Waals surface area contributed by atoms with Crippen molar-refractivity contribution in [1.82, 2.24) is 9.55 Å². The third-order valence-corrected chi connectivity index (χ3v) is 3.31. The van der Waals surface area contributed by atoms with E-state index in [4.69, 9.17) is 0 Å². The summed E-state index contributed by atoms with van der Waals surface area (Å²) in [6.45, 7) is 1.93.